The Bertz CT molecular complexity index is 751. The largest absolute Gasteiger partial charge is 0.478 e. The van der Waals surface area contributed by atoms with Crippen LogP contribution in [0.4, 0.5) is 10.1 Å². The molecule has 6 nitrogen and oxygen atoms in total. The number of aromatic carboxylic acids is 1. The molecule has 104 valence electrons. The van der Waals surface area contributed by atoms with Gasteiger partial charge in [0.25, 0.3) is 5.91 Å². The highest BCUT2D eigenvalue weighted by molar-refractivity contribution is 6.03. The molecule has 1 amide bonds. The van der Waals surface area contributed by atoms with Gasteiger partial charge in [0.05, 0.1) is 16.8 Å². The Kier molecular flexibility index (Phi) is 3.90. The first-order valence-corrected chi connectivity index (χ1v) is 5.71. The van der Waals surface area contributed by atoms with Gasteiger partial charge < -0.3 is 10.4 Å². The molecule has 0 spiro atoms. The summed E-state index contributed by atoms with van der Waals surface area (Å²) < 4.78 is 13.6. The van der Waals surface area contributed by atoms with Crippen molar-refractivity contribution in [1.29, 1.82) is 5.26 Å². The Morgan fingerprint density at radius 3 is 2.62 bits per heavy atom. The number of carbonyl (C=O) groups excluding carboxylic acids is 1. The van der Waals surface area contributed by atoms with E-state index in [9.17, 15) is 14.0 Å². The summed E-state index contributed by atoms with van der Waals surface area (Å²) in [5, 5.41) is 19.7. The number of hydrogen-bond donors (Lipinski definition) is 2. The minimum absolute atomic E-state index is 0.0193. The molecule has 1 aromatic carbocycles. The lowest BCUT2D eigenvalue weighted by molar-refractivity contribution is 0.0696. The number of aromatic nitrogens is 1. The van der Waals surface area contributed by atoms with E-state index in [1.807, 2.05) is 6.07 Å². The fourth-order valence-corrected chi connectivity index (χ4v) is 1.53. The van der Waals surface area contributed by atoms with Crippen molar-refractivity contribution in [2.24, 2.45) is 0 Å². The molecule has 0 radical (unpaired) electrons. The molecule has 1 heterocycles. The van der Waals surface area contributed by atoms with E-state index in [4.69, 9.17) is 10.4 Å². The fraction of sp³-hybridized carbons (Fsp3) is 0. The minimum atomic E-state index is -1.23. The Labute approximate surface area is 118 Å². The van der Waals surface area contributed by atoms with Crippen LogP contribution in [-0.4, -0.2) is 22.0 Å². The highest BCUT2D eigenvalue weighted by atomic mass is 19.1. The number of amides is 1. The Balaban J connectivity index is 2.24. The Morgan fingerprint density at radius 2 is 2.05 bits per heavy atom. The van der Waals surface area contributed by atoms with Crippen molar-refractivity contribution in [3.05, 3.63) is 59.2 Å². The summed E-state index contributed by atoms with van der Waals surface area (Å²) in [7, 11) is 0. The van der Waals surface area contributed by atoms with Gasteiger partial charge in [0, 0.05) is 6.20 Å². The summed E-state index contributed by atoms with van der Waals surface area (Å²) in [6, 6.07) is 7.61. The van der Waals surface area contributed by atoms with Gasteiger partial charge in [-0.1, -0.05) is 0 Å². The highest BCUT2D eigenvalue weighted by Gasteiger charge is 2.13. The van der Waals surface area contributed by atoms with Crippen molar-refractivity contribution in [2.75, 3.05) is 5.32 Å². The number of nitrogens with zero attached hydrogens (tertiary/aromatic N) is 2. The second kappa shape index (κ2) is 5.79. The molecule has 1 aromatic heterocycles. The molecule has 0 fully saturated rings. The van der Waals surface area contributed by atoms with E-state index in [0.717, 1.165) is 18.2 Å². The smallest absolute Gasteiger partial charge is 0.335 e. The van der Waals surface area contributed by atoms with Crippen molar-refractivity contribution < 1.29 is 19.1 Å². The van der Waals surface area contributed by atoms with Gasteiger partial charge in [-0.25, -0.2) is 14.2 Å². The number of nitriles is 1. The summed E-state index contributed by atoms with van der Waals surface area (Å²) in [5.41, 5.74) is -0.148. The molecular weight excluding hydrogens is 277 g/mol. The molecule has 7 heteroatoms. The van der Waals surface area contributed by atoms with E-state index < -0.39 is 17.7 Å². The summed E-state index contributed by atoms with van der Waals surface area (Å²) in [6.07, 6.45) is 1.21. The molecule has 2 rings (SSSR count). The van der Waals surface area contributed by atoms with Crippen LogP contribution in [0.25, 0.3) is 0 Å². The van der Waals surface area contributed by atoms with Crippen molar-refractivity contribution in [1.82, 2.24) is 4.98 Å². The maximum atomic E-state index is 13.6. The zero-order valence-electron chi connectivity index (χ0n) is 10.5. The third kappa shape index (κ3) is 3.19. The standard InChI is InChI=1S/C14H8FN3O3/c15-10-3-2-9(14(20)21)5-12(10)18-13(19)11-4-1-8(6-16)7-17-11/h1-5,7H,(H,18,19)(H,20,21). The van der Waals surface area contributed by atoms with Gasteiger partial charge in [-0.3, -0.25) is 4.79 Å². The van der Waals surface area contributed by atoms with E-state index in [1.54, 1.807) is 0 Å². The molecule has 0 bridgehead atoms. The van der Waals surface area contributed by atoms with Crippen molar-refractivity contribution in [3.63, 3.8) is 0 Å². The summed E-state index contributed by atoms with van der Waals surface area (Å²) in [4.78, 5) is 26.4. The van der Waals surface area contributed by atoms with Crippen molar-refractivity contribution >= 4 is 17.6 Å². The number of hydrogen-bond acceptors (Lipinski definition) is 4. The summed E-state index contributed by atoms with van der Waals surface area (Å²) >= 11 is 0. The number of halogens is 1. The Hall–Kier alpha value is -3.27. The SMILES string of the molecule is N#Cc1ccc(C(=O)Nc2cc(C(=O)O)ccc2F)nc1. The number of carboxylic acid groups (broad SMARTS) is 1. The summed E-state index contributed by atoms with van der Waals surface area (Å²) in [6.45, 7) is 0. The number of nitrogens with one attached hydrogen (secondary N) is 1. The first kappa shape index (κ1) is 14.1. The molecule has 0 aliphatic carbocycles. The molecule has 2 aromatic rings. The lowest BCUT2D eigenvalue weighted by atomic mass is 10.2. The number of carboxylic acids is 1. The molecular formula is C14H8FN3O3. The van der Waals surface area contributed by atoms with Crippen molar-refractivity contribution in [2.45, 2.75) is 0 Å². The molecule has 0 atom stereocenters. The molecule has 0 aliphatic heterocycles. The van der Waals surface area contributed by atoms with Crippen LogP contribution >= 0.6 is 0 Å². The zero-order valence-corrected chi connectivity index (χ0v) is 10.5. The van der Waals surface area contributed by atoms with Gasteiger partial charge in [0.1, 0.15) is 17.6 Å². The molecule has 0 saturated carbocycles. The van der Waals surface area contributed by atoms with Gasteiger partial charge in [0.15, 0.2) is 0 Å². The van der Waals surface area contributed by atoms with Crippen LogP contribution in [-0.2, 0) is 0 Å². The Morgan fingerprint density at radius 1 is 1.29 bits per heavy atom. The molecule has 21 heavy (non-hydrogen) atoms. The second-order valence-corrected chi connectivity index (χ2v) is 4.00. The molecule has 0 aliphatic rings. The lowest BCUT2D eigenvalue weighted by Crippen LogP contribution is -2.15. The van der Waals surface area contributed by atoms with E-state index in [0.29, 0.717) is 0 Å². The summed E-state index contributed by atoms with van der Waals surface area (Å²) in [5.74, 6) is -2.70. The van der Waals surface area contributed by atoms with Gasteiger partial charge in [-0.05, 0) is 30.3 Å². The van der Waals surface area contributed by atoms with E-state index in [1.165, 1.54) is 18.3 Å². The number of pyridine rings is 1. The molecule has 0 saturated heterocycles. The average molecular weight is 285 g/mol. The van der Waals surface area contributed by atoms with E-state index >= 15 is 0 Å². The number of rotatable bonds is 3. The van der Waals surface area contributed by atoms with Crippen LogP contribution in [0.15, 0.2) is 36.5 Å². The minimum Gasteiger partial charge on any atom is -0.478 e. The number of carbonyl (C=O) groups is 2. The molecule has 2 N–H and O–H groups in total. The van der Waals surface area contributed by atoms with E-state index in [-0.39, 0.29) is 22.5 Å². The third-order valence-electron chi connectivity index (χ3n) is 2.59. The monoisotopic (exact) mass is 285 g/mol. The van der Waals surface area contributed by atoms with Gasteiger partial charge in [0.2, 0.25) is 0 Å². The number of benzene rings is 1. The van der Waals surface area contributed by atoms with Crippen molar-refractivity contribution in [3.8, 4) is 6.07 Å². The zero-order chi connectivity index (χ0) is 15.4. The van der Waals surface area contributed by atoms with Gasteiger partial charge in [-0.2, -0.15) is 5.26 Å². The average Bonchev–Trinajstić information content (AvgIpc) is 2.49. The predicted octanol–water partition coefficient (Wildman–Crippen LogP) is 2.04. The highest BCUT2D eigenvalue weighted by Crippen LogP contribution is 2.17. The fourth-order valence-electron chi connectivity index (χ4n) is 1.53. The van der Waals surface area contributed by atoms with Crippen LogP contribution in [0.2, 0.25) is 0 Å². The predicted molar refractivity (Wildman–Crippen MR) is 70.3 cm³/mol. The second-order valence-electron chi connectivity index (χ2n) is 4.00. The maximum Gasteiger partial charge on any atom is 0.335 e. The number of anilines is 1. The van der Waals surface area contributed by atoms with Gasteiger partial charge in [-0.15, -0.1) is 0 Å². The normalized spacial score (nSPS) is 9.71. The first-order chi connectivity index (χ1) is 10.0. The van der Waals surface area contributed by atoms with Crippen LogP contribution in [0.3, 0.4) is 0 Å². The van der Waals surface area contributed by atoms with Crippen LogP contribution < -0.4 is 5.32 Å². The molecule has 0 unspecified atom stereocenters. The van der Waals surface area contributed by atoms with Crippen LogP contribution in [0.1, 0.15) is 26.4 Å². The quantitative estimate of drug-likeness (QED) is 0.898. The van der Waals surface area contributed by atoms with E-state index in [2.05, 4.69) is 10.3 Å². The van der Waals surface area contributed by atoms with Gasteiger partial charge >= 0.3 is 5.97 Å². The van der Waals surface area contributed by atoms with Crippen LogP contribution in [0, 0.1) is 17.1 Å². The maximum absolute atomic E-state index is 13.6. The lowest BCUT2D eigenvalue weighted by Gasteiger charge is -2.07. The third-order valence-corrected chi connectivity index (χ3v) is 2.59. The van der Waals surface area contributed by atoms with Crippen LogP contribution in [0.5, 0.6) is 0 Å². The first-order valence-electron chi connectivity index (χ1n) is 5.71. The topological polar surface area (TPSA) is 103 Å².